The number of guanidine groups is 1. The largest absolute Gasteiger partial charge is 0.385 e. The molecule has 0 aromatic heterocycles. The minimum absolute atomic E-state index is 0. The number of halogens is 1. The Labute approximate surface area is 188 Å². The van der Waals surface area contributed by atoms with Gasteiger partial charge in [0.2, 0.25) is 0 Å². The van der Waals surface area contributed by atoms with Crippen molar-refractivity contribution >= 4 is 29.9 Å². The monoisotopic (exact) mass is 503 g/mol. The Morgan fingerprint density at radius 3 is 2.43 bits per heavy atom. The number of likely N-dealkylation sites (tertiary alicyclic amines) is 1. The van der Waals surface area contributed by atoms with E-state index in [-0.39, 0.29) is 24.0 Å². The van der Waals surface area contributed by atoms with Crippen molar-refractivity contribution in [3.8, 4) is 0 Å². The van der Waals surface area contributed by atoms with Crippen LogP contribution in [0.25, 0.3) is 0 Å². The van der Waals surface area contributed by atoms with E-state index < -0.39 is 0 Å². The lowest BCUT2D eigenvalue weighted by Gasteiger charge is -2.35. The van der Waals surface area contributed by atoms with Gasteiger partial charge in [0.05, 0.1) is 6.10 Å². The highest BCUT2D eigenvalue weighted by Gasteiger charge is 2.23. The molecule has 1 aliphatic rings. The summed E-state index contributed by atoms with van der Waals surface area (Å²) in [6.07, 6.45) is 3.44. The van der Waals surface area contributed by atoms with Crippen LogP contribution in [0.4, 0.5) is 0 Å². The van der Waals surface area contributed by atoms with Crippen molar-refractivity contribution in [3.05, 3.63) is 35.9 Å². The van der Waals surface area contributed by atoms with Crippen molar-refractivity contribution in [3.63, 3.8) is 0 Å². The minimum atomic E-state index is 0. The van der Waals surface area contributed by atoms with Gasteiger partial charge in [-0.2, -0.15) is 0 Å². The van der Waals surface area contributed by atoms with Crippen LogP contribution in [-0.4, -0.2) is 64.0 Å². The molecule has 0 radical (unpaired) electrons. The normalized spacial score (nSPS) is 16.8. The van der Waals surface area contributed by atoms with Crippen LogP contribution in [-0.2, 0) is 9.47 Å². The van der Waals surface area contributed by atoms with Crippen LogP contribution in [0.3, 0.4) is 0 Å². The zero-order chi connectivity index (χ0) is 19.5. The number of rotatable bonds is 9. The summed E-state index contributed by atoms with van der Waals surface area (Å²) in [5, 5.41) is 3.61. The molecule has 1 aromatic rings. The Kier molecular flexibility index (Phi) is 12.7. The summed E-state index contributed by atoms with van der Waals surface area (Å²) in [6.45, 7) is 9.02. The predicted octanol–water partition coefficient (Wildman–Crippen LogP) is 4.14. The van der Waals surface area contributed by atoms with Crippen LogP contribution in [0.1, 0.15) is 44.6 Å². The molecular weight excluding hydrogens is 465 g/mol. The fourth-order valence-electron chi connectivity index (χ4n) is 3.66. The molecule has 0 spiro atoms. The van der Waals surface area contributed by atoms with Gasteiger partial charge in [-0.05, 0) is 30.7 Å². The molecule has 1 N–H and O–H groups in total. The number of nitrogens with one attached hydrogen (secondary N) is 1. The maximum Gasteiger partial charge on any atom is 0.193 e. The van der Waals surface area contributed by atoms with Crippen molar-refractivity contribution < 1.29 is 9.47 Å². The molecule has 1 atom stereocenters. The molecule has 1 saturated heterocycles. The van der Waals surface area contributed by atoms with Gasteiger partial charge >= 0.3 is 0 Å². The summed E-state index contributed by atoms with van der Waals surface area (Å²) < 4.78 is 11.0. The van der Waals surface area contributed by atoms with Gasteiger partial charge in [-0.1, -0.05) is 44.2 Å². The van der Waals surface area contributed by atoms with Gasteiger partial charge in [0, 0.05) is 52.9 Å². The van der Waals surface area contributed by atoms with Crippen LogP contribution >= 0.6 is 24.0 Å². The summed E-state index contributed by atoms with van der Waals surface area (Å²) in [4.78, 5) is 6.88. The van der Waals surface area contributed by atoms with E-state index in [1.54, 1.807) is 7.11 Å². The van der Waals surface area contributed by atoms with E-state index in [1.807, 2.05) is 7.05 Å². The summed E-state index contributed by atoms with van der Waals surface area (Å²) in [6, 6.07) is 10.8. The molecule has 160 valence electrons. The van der Waals surface area contributed by atoms with Gasteiger partial charge in [0.25, 0.3) is 0 Å². The summed E-state index contributed by atoms with van der Waals surface area (Å²) >= 11 is 0. The van der Waals surface area contributed by atoms with Crippen LogP contribution in [0.15, 0.2) is 35.3 Å². The van der Waals surface area contributed by atoms with Crippen molar-refractivity contribution in [2.45, 2.75) is 45.1 Å². The summed E-state index contributed by atoms with van der Waals surface area (Å²) in [5.41, 5.74) is 1.39. The number of aliphatic imine (C=N–C) groups is 1. The number of hydrogen-bond donors (Lipinski definition) is 1. The highest BCUT2D eigenvalue weighted by molar-refractivity contribution is 14.0. The number of hydrogen-bond acceptors (Lipinski definition) is 3. The Hall–Kier alpha value is -0.860. The molecule has 1 unspecified atom stereocenters. The second kappa shape index (κ2) is 14.2. The van der Waals surface area contributed by atoms with Crippen molar-refractivity contribution in [2.24, 2.45) is 10.9 Å². The highest BCUT2D eigenvalue weighted by atomic mass is 127. The highest BCUT2D eigenvalue weighted by Crippen LogP contribution is 2.23. The number of nitrogens with zero attached hydrogens (tertiary/aromatic N) is 2. The van der Waals surface area contributed by atoms with Crippen LogP contribution in [0.2, 0.25) is 0 Å². The van der Waals surface area contributed by atoms with Gasteiger partial charge in [-0.3, -0.25) is 4.99 Å². The lowest BCUT2D eigenvalue weighted by Crippen LogP contribution is -2.48. The smallest absolute Gasteiger partial charge is 0.193 e. The van der Waals surface area contributed by atoms with Crippen LogP contribution in [0.5, 0.6) is 0 Å². The first-order chi connectivity index (χ1) is 13.2. The molecule has 5 nitrogen and oxygen atoms in total. The third kappa shape index (κ3) is 8.25. The zero-order valence-corrected chi connectivity index (χ0v) is 20.2. The van der Waals surface area contributed by atoms with Crippen LogP contribution in [0, 0.1) is 5.92 Å². The van der Waals surface area contributed by atoms with E-state index in [9.17, 15) is 0 Å². The molecule has 0 bridgehead atoms. The lowest BCUT2D eigenvalue weighted by molar-refractivity contribution is 0.00989. The van der Waals surface area contributed by atoms with Gasteiger partial charge in [-0.25, -0.2) is 0 Å². The first-order valence-corrected chi connectivity index (χ1v) is 10.3. The molecule has 0 saturated carbocycles. The van der Waals surface area contributed by atoms with Crippen molar-refractivity contribution in [1.29, 1.82) is 0 Å². The van der Waals surface area contributed by atoms with Crippen molar-refractivity contribution in [1.82, 2.24) is 10.2 Å². The Bertz CT molecular complexity index is 546. The van der Waals surface area contributed by atoms with Crippen molar-refractivity contribution in [2.75, 3.05) is 47.0 Å². The molecule has 0 aliphatic carbocycles. The lowest BCUT2D eigenvalue weighted by atomic mass is 9.88. The fourth-order valence-corrected chi connectivity index (χ4v) is 3.66. The summed E-state index contributed by atoms with van der Waals surface area (Å²) in [7, 11) is 3.61. The Balaban J connectivity index is 0.00000392. The molecule has 1 fully saturated rings. The predicted molar refractivity (Wildman–Crippen MR) is 128 cm³/mol. The van der Waals surface area contributed by atoms with E-state index >= 15 is 0 Å². The summed E-state index contributed by atoms with van der Waals surface area (Å²) in [5.74, 6) is 2.06. The molecule has 28 heavy (non-hydrogen) atoms. The average molecular weight is 503 g/mol. The standard InChI is InChI=1S/C22H37N3O2.HI/c1-18(2)21(19-9-6-5-7-10-19)17-24-22(23-3)25-13-11-20(12-14-25)27-16-8-15-26-4;/h5-7,9-10,18,20-21H,8,11-17H2,1-4H3,(H,23,24);1H. The number of benzene rings is 1. The third-order valence-corrected chi connectivity index (χ3v) is 5.31. The molecule has 0 amide bonds. The number of piperidine rings is 1. The topological polar surface area (TPSA) is 46.1 Å². The maximum atomic E-state index is 5.97. The third-order valence-electron chi connectivity index (χ3n) is 5.31. The average Bonchev–Trinajstić information content (AvgIpc) is 2.70. The molecule has 1 aliphatic heterocycles. The quantitative estimate of drug-likeness (QED) is 0.238. The Morgan fingerprint density at radius 2 is 1.86 bits per heavy atom. The number of methoxy groups -OCH3 is 1. The van der Waals surface area contributed by atoms with Gasteiger partial charge in [0.1, 0.15) is 0 Å². The molecule has 1 heterocycles. The Morgan fingerprint density at radius 1 is 1.18 bits per heavy atom. The first-order valence-electron chi connectivity index (χ1n) is 10.3. The first kappa shape index (κ1) is 25.2. The van der Waals surface area contributed by atoms with E-state index in [4.69, 9.17) is 9.47 Å². The zero-order valence-electron chi connectivity index (χ0n) is 17.9. The molecule has 2 rings (SSSR count). The minimum Gasteiger partial charge on any atom is -0.385 e. The van der Waals surface area contributed by atoms with E-state index in [0.29, 0.717) is 17.9 Å². The molecule has 1 aromatic carbocycles. The second-order valence-corrected chi connectivity index (χ2v) is 7.59. The SMILES string of the molecule is CN=C(NCC(c1ccccc1)C(C)C)N1CCC(OCCCOC)CC1.I. The van der Waals surface area contributed by atoms with E-state index in [2.05, 4.69) is 59.4 Å². The van der Waals surface area contributed by atoms with Gasteiger partial charge in [0.15, 0.2) is 5.96 Å². The maximum absolute atomic E-state index is 5.97. The second-order valence-electron chi connectivity index (χ2n) is 7.59. The van der Waals surface area contributed by atoms with E-state index in [0.717, 1.165) is 58.1 Å². The molecule has 6 heteroatoms. The van der Waals surface area contributed by atoms with Gasteiger partial charge < -0.3 is 19.7 Å². The van der Waals surface area contributed by atoms with E-state index in [1.165, 1.54) is 5.56 Å². The fraction of sp³-hybridized carbons (Fsp3) is 0.682. The van der Waals surface area contributed by atoms with Crippen LogP contribution < -0.4 is 5.32 Å². The molecular formula is C22H38IN3O2. The number of ether oxygens (including phenoxy) is 2. The van der Waals surface area contributed by atoms with Gasteiger partial charge in [-0.15, -0.1) is 24.0 Å².